The number of nitrogens with one attached hydrogen (secondary N) is 1. The van der Waals surface area contributed by atoms with Gasteiger partial charge in [-0.25, -0.2) is 9.97 Å². The molecule has 1 unspecified atom stereocenters. The van der Waals surface area contributed by atoms with E-state index in [4.69, 9.17) is 11.6 Å². The third-order valence-electron chi connectivity index (χ3n) is 3.19. The Morgan fingerprint density at radius 1 is 1.39 bits per heavy atom. The predicted molar refractivity (Wildman–Crippen MR) is 79.9 cm³/mol. The van der Waals surface area contributed by atoms with Crippen LogP contribution in [0.2, 0.25) is 0 Å². The first-order chi connectivity index (χ1) is 8.63. The first-order valence-electron chi connectivity index (χ1n) is 6.14. The summed E-state index contributed by atoms with van der Waals surface area (Å²) >= 11 is 7.48. The molecule has 3 nitrogen and oxygen atoms in total. The van der Waals surface area contributed by atoms with E-state index in [1.165, 1.54) is 10.4 Å². The van der Waals surface area contributed by atoms with E-state index in [9.17, 15) is 0 Å². The molecule has 2 aromatic heterocycles. The van der Waals surface area contributed by atoms with Crippen molar-refractivity contribution in [1.29, 1.82) is 0 Å². The van der Waals surface area contributed by atoms with Gasteiger partial charge < -0.3 is 5.32 Å². The molecule has 0 aromatic carbocycles. The van der Waals surface area contributed by atoms with Crippen molar-refractivity contribution in [2.24, 2.45) is 5.92 Å². The van der Waals surface area contributed by atoms with Gasteiger partial charge in [0.1, 0.15) is 17.0 Å². The molecule has 2 rings (SSSR count). The molecule has 98 valence electrons. The number of thiophene rings is 1. The topological polar surface area (TPSA) is 37.8 Å². The van der Waals surface area contributed by atoms with Crippen LogP contribution in [0.15, 0.2) is 6.33 Å². The number of anilines is 1. The van der Waals surface area contributed by atoms with Crippen LogP contribution in [-0.2, 0) is 0 Å². The predicted octanol–water partition coefficient (Wildman–Crippen LogP) is 3.99. The quantitative estimate of drug-likeness (QED) is 0.843. The van der Waals surface area contributed by atoms with Crippen molar-refractivity contribution >= 4 is 39.0 Å². The number of hydrogen-bond acceptors (Lipinski definition) is 4. The van der Waals surface area contributed by atoms with Gasteiger partial charge in [0.05, 0.1) is 5.39 Å². The van der Waals surface area contributed by atoms with Crippen LogP contribution in [0.4, 0.5) is 5.82 Å². The van der Waals surface area contributed by atoms with Gasteiger partial charge in [0.25, 0.3) is 0 Å². The third-order valence-corrected chi connectivity index (χ3v) is 4.52. The monoisotopic (exact) mass is 283 g/mol. The molecular formula is C13H18ClN3S. The molecule has 0 bridgehead atoms. The fourth-order valence-electron chi connectivity index (χ4n) is 1.88. The summed E-state index contributed by atoms with van der Waals surface area (Å²) in [7, 11) is 0. The molecule has 0 fully saturated rings. The standard InChI is InChI=1S/C13H18ClN3S/c1-8(4-5-14)6-15-12-11-9(2)10(3)18-13(11)17-7-16-12/h7-8H,4-6H2,1-3H3,(H,15,16,17). The molecular weight excluding hydrogens is 266 g/mol. The summed E-state index contributed by atoms with van der Waals surface area (Å²) in [5, 5.41) is 4.59. The summed E-state index contributed by atoms with van der Waals surface area (Å²) in [4.78, 5) is 11.1. The van der Waals surface area contributed by atoms with Gasteiger partial charge in [0.2, 0.25) is 0 Å². The van der Waals surface area contributed by atoms with Crippen molar-refractivity contribution in [1.82, 2.24) is 9.97 Å². The van der Waals surface area contributed by atoms with E-state index in [2.05, 4.69) is 36.1 Å². The third kappa shape index (κ3) is 2.75. The van der Waals surface area contributed by atoms with Crippen LogP contribution in [0.5, 0.6) is 0 Å². The number of alkyl halides is 1. The van der Waals surface area contributed by atoms with Crippen molar-refractivity contribution < 1.29 is 0 Å². The molecule has 2 heterocycles. The molecule has 0 aliphatic rings. The smallest absolute Gasteiger partial charge is 0.138 e. The van der Waals surface area contributed by atoms with E-state index in [1.54, 1.807) is 17.7 Å². The second kappa shape index (κ2) is 5.85. The molecule has 0 amide bonds. The average Bonchev–Trinajstić information content (AvgIpc) is 2.64. The zero-order valence-corrected chi connectivity index (χ0v) is 12.5. The Balaban J connectivity index is 2.23. The van der Waals surface area contributed by atoms with Crippen LogP contribution in [0.25, 0.3) is 10.2 Å². The maximum absolute atomic E-state index is 5.75. The van der Waals surface area contributed by atoms with Crippen LogP contribution in [0.1, 0.15) is 23.8 Å². The minimum atomic E-state index is 0.549. The Hall–Kier alpha value is -0.870. The molecule has 0 aliphatic carbocycles. The van der Waals surface area contributed by atoms with Gasteiger partial charge in [-0.15, -0.1) is 22.9 Å². The van der Waals surface area contributed by atoms with Crippen molar-refractivity contribution in [3.63, 3.8) is 0 Å². The van der Waals surface area contributed by atoms with Gasteiger partial charge in [0, 0.05) is 17.3 Å². The summed E-state index contributed by atoms with van der Waals surface area (Å²) in [5.74, 6) is 2.20. The van der Waals surface area contributed by atoms with Crippen molar-refractivity contribution in [3.05, 3.63) is 16.8 Å². The molecule has 0 saturated heterocycles. The summed E-state index contributed by atoms with van der Waals surface area (Å²) in [6.45, 7) is 7.35. The fraction of sp³-hybridized carbons (Fsp3) is 0.538. The lowest BCUT2D eigenvalue weighted by molar-refractivity contribution is 0.596. The van der Waals surface area contributed by atoms with E-state index in [0.717, 1.165) is 29.0 Å². The maximum atomic E-state index is 5.75. The van der Waals surface area contributed by atoms with Gasteiger partial charge >= 0.3 is 0 Å². The molecule has 0 saturated carbocycles. The Bertz CT molecular complexity index is 538. The fourth-order valence-corrected chi connectivity index (χ4v) is 3.25. The second-order valence-electron chi connectivity index (χ2n) is 4.65. The molecule has 18 heavy (non-hydrogen) atoms. The molecule has 1 atom stereocenters. The second-order valence-corrected chi connectivity index (χ2v) is 6.23. The minimum absolute atomic E-state index is 0.549. The molecule has 0 spiro atoms. The van der Waals surface area contributed by atoms with Crippen LogP contribution < -0.4 is 5.32 Å². The van der Waals surface area contributed by atoms with Gasteiger partial charge in [-0.2, -0.15) is 0 Å². The Kier molecular flexibility index (Phi) is 4.40. The molecule has 1 N–H and O–H groups in total. The number of hydrogen-bond donors (Lipinski definition) is 1. The van der Waals surface area contributed by atoms with E-state index in [0.29, 0.717) is 11.8 Å². The van der Waals surface area contributed by atoms with Gasteiger partial charge in [0.15, 0.2) is 0 Å². The number of halogens is 1. The van der Waals surface area contributed by atoms with Crippen molar-refractivity contribution in [2.45, 2.75) is 27.2 Å². The van der Waals surface area contributed by atoms with E-state index in [-0.39, 0.29) is 0 Å². The zero-order chi connectivity index (χ0) is 13.1. The number of nitrogens with zero attached hydrogens (tertiary/aromatic N) is 2. The van der Waals surface area contributed by atoms with E-state index < -0.39 is 0 Å². The lowest BCUT2D eigenvalue weighted by atomic mass is 10.1. The summed E-state index contributed by atoms with van der Waals surface area (Å²) in [5.41, 5.74) is 1.28. The van der Waals surface area contributed by atoms with Crippen LogP contribution in [-0.4, -0.2) is 22.4 Å². The van der Waals surface area contributed by atoms with E-state index >= 15 is 0 Å². The Morgan fingerprint density at radius 2 is 2.17 bits per heavy atom. The van der Waals surface area contributed by atoms with Gasteiger partial charge in [-0.3, -0.25) is 0 Å². The summed E-state index contributed by atoms with van der Waals surface area (Å²) < 4.78 is 0. The maximum Gasteiger partial charge on any atom is 0.138 e. The highest BCUT2D eigenvalue weighted by Crippen LogP contribution is 2.32. The first-order valence-corrected chi connectivity index (χ1v) is 7.49. The molecule has 5 heteroatoms. The normalized spacial score (nSPS) is 12.9. The lowest BCUT2D eigenvalue weighted by Gasteiger charge is -2.12. The average molecular weight is 284 g/mol. The van der Waals surface area contributed by atoms with Crippen LogP contribution >= 0.6 is 22.9 Å². The van der Waals surface area contributed by atoms with Crippen molar-refractivity contribution in [3.8, 4) is 0 Å². The number of fused-ring (bicyclic) bond motifs is 1. The zero-order valence-electron chi connectivity index (χ0n) is 11.0. The van der Waals surface area contributed by atoms with Gasteiger partial charge in [-0.1, -0.05) is 6.92 Å². The molecule has 0 radical (unpaired) electrons. The summed E-state index contributed by atoms with van der Waals surface area (Å²) in [6.07, 6.45) is 2.65. The highest BCUT2D eigenvalue weighted by atomic mass is 35.5. The number of aryl methyl sites for hydroxylation is 2. The molecule has 0 aliphatic heterocycles. The minimum Gasteiger partial charge on any atom is -0.369 e. The van der Waals surface area contributed by atoms with Crippen LogP contribution in [0.3, 0.4) is 0 Å². The SMILES string of the molecule is Cc1sc2ncnc(NCC(C)CCCl)c2c1C. The van der Waals surface area contributed by atoms with E-state index in [1.807, 2.05) is 0 Å². The van der Waals surface area contributed by atoms with Gasteiger partial charge in [-0.05, 0) is 31.7 Å². The molecule has 2 aromatic rings. The summed E-state index contributed by atoms with van der Waals surface area (Å²) in [6, 6.07) is 0. The lowest BCUT2D eigenvalue weighted by Crippen LogP contribution is -2.13. The highest BCUT2D eigenvalue weighted by molar-refractivity contribution is 7.18. The highest BCUT2D eigenvalue weighted by Gasteiger charge is 2.12. The van der Waals surface area contributed by atoms with Crippen molar-refractivity contribution in [2.75, 3.05) is 17.7 Å². The first kappa shape index (κ1) is 13.6. The Morgan fingerprint density at radius 3 is 2.89 bits per heavy atom. The number of aromatic nitrogens is 2. The Labute approximate surface area is 117 Å². The van der Waals surface area contributed by atoms with Crippen LogP contribution in [0, 0.1) is 19.8 Å². The largest absolute Gasteiger partial charge is 0.369 e. The number of rotatable bonds is 5.